The quantitative estimate of drug-likeness (QED) is 0.606. The molecule has 25 heavy (non-hydrogen) atoms. The molecule has 0 spiro atoms. The molecular formula is C13H13O9PS2. The maximum absolute atomic E-state index is 12.1. The predicted octanol–water partition coefficient (Wildman–Crippen LogP) is 2.49. The highest BCUT2D eigenvalue weighted by Crippen LogP contribution is 2.48. The van der Waals surface area contributed by atoms with E-state index in [2.05, 4.69) is 16.3 Å². The maximum atomic E-state index is 12.1. The molecule has 0 heterocycles. The molecule has 0 aromatic heterocycles. The van der Waals surface area contributed by atoms with E-state index in [4.69, 9.17) is 0 Å². The highest BCUT2D eigenvalue weighted by Gasteiger charge is 2.35. The van der Waals surface area contributed by atoms with Crippen LogP contribution in [0.15, 0.2) is 60.7 Å². The summed E-state index contributed by atoms with van der Waals surface area (Å²) in [6.07, 6.45) is 0. The molecule has 9 nitrogen and oxygen atoms in total. The Morgan fingerprint density at radius 1 is 0.680 bits per heavy atom. The van der Waals surface area contributed by atoms with Gasteiger partial charge in [0.25, 0.3) is 0 Å². The molecule has 0 amide bonds. The molecule has 0 aliphatic heterocycles. The Hall–Kier alpha value is -1.91. The first-order chi connectivity index (χ1) is 11.6. The maximum Gasteiger partial charge on any atom is 0.456 e. The average Bonchev–Trinajstić information content (AvgIpc) is 2.45. The first-order valence-electron chi connectivity index (χ1n) is 6.56. The average molecular weight is 408 g/mol. The lowest BCUT2D eigenvalue weighted by molar-refractivity contribution is 0.331. The summed E-state index contributed by atoms with van der Waals surface area (Å²) in [5.74, 6) is -0.239. The van der Waals surface area contributed by atoms with Crippen LogP contribution in [-0.4, -0.2) is 23.5 Å². The van der Waals surface area contributed by atoms with Crippen molar-refractivity contribution in [1.82, 2.24) is 0 Å². The van der Waals surface area contributed by atoms with Crippen molar-refractivity contribution in [2.75, 3.05) is 6.66 Å². The fourth-order valence-electron chi connectivity index (χ4n) is 1.56. The zero-order valence-electron chi connectivity index (χ0n) is 12.7. The molecule has 0 saturated heterocycles. The first kappa shape index (κ1) is 19.4. The van der Waals surface area contributed by atoms with Gasteiger partial charge in [0.15, 0.2) is 0 Å². The van der Waals surface area contributed by atoms with E-state index < -0.39 is 28.4 Å². The van der Waals surface area contributed by atoms with Crippen LogP contribution in [0.5, 0.6) is 11.5 Å². The van der Waals surface area contributed by atoms with Gasteiger partial charge in [-0.25, -0.2) is 0 Å². The van der Waals surface area contributed by atoms with Gasteiger partial charge in [-0.3, -0.25) is 4.57 Å². The number of benzene rings is 2. The third-order valence-electron chi connectivity index (χ3n) is 2.34. The minimum Gasteiger partial charge on any atom is -0.361 e. The van der Waals surface area contributed by atoms with E-state index in [1.54, 1.807) is 12.1 Å². The third-order valence-corrected chi connectivity index (χ3v) is 6.76. The Labute approximate surface area is 145 Å². The van der Waals surface area contributed by atoms with E-state index in [1.807, 2.05) is 0 Å². The fourth-order valence-corrected chi connectivity index (χ4v) is 5.48. The molecule has 2 aromatic carbocycles. The summed E-state index contributed by atoms with van der Waals surface area (Å²) in [5, 5.41) is 0. The standard InChI is InChI=1S/C13H13O9PS2/c1-23(14,21-24(15,16)19-12-8-4-2-5-9-12)22-25(17,18)20-13-10-6-3-7-11-13/h2-11H,1H3. The minimum atomic E-state index is -4.85. The van der Waals surface area contributed by atoms with Crippen LogP contribution >= 0.6 is 7.60 Å². The second-order valence-corrected chi connectivity index (χ2v) is 9.23. The fraction of sp³-hybridized carbons (Fsp3) is 0.0769. The summed E-state index contributed by atoms with van der Waals surface area (Å²) >= 11 is 0. The Morgan fingerprint density at radius 2 is 1.00 bits per heavy atom. The lowest BCUT2D eigenvalue weighted by Gasteiger charge is -2.13. The van der Waals surface area contributed by atoms with Crippen LogP contribution in [0, 0.1) is 0 Å². The Bertz CT molecular complexity index is 880. The largest absolute Gasteiger partial charge is 0.456 e. The third kappa shape index (κ3) is 6.85. The van der Waals surface area contributed by atoms with E-state index in [9.17, 15) is 21.4 Å². The summed E-state index contributed by atoms with van der Waals surface area (Å²) in [6, 6.07) is 14.4. The number of hydrogen-bond donors (Lipinski definition) is 0. The van der Waals surface area contributed by atoms with Gasteiger partial charge >= 0.3 is 28.4 Å². The van der Waals surface area contributed by atoms with Gasteiger partial charge in [0.05, 0.1) is 0 Å². The zero-order chi connectivity index (χ0) is 18.6. The predicted molar refractivity (Wildman–Crippen MR) is 87.7 cm³/mol. The van der Waals surface area contributed by atoms with Gasteiger partial charge in [-0.2, -0.15) is 24.8 Å². The van der Waals surface area contributed by atoms with Gasteiger partial charge < -0.3 is 8.37 Å². The summed E-state index contributed by atoms with van der Waals surface area (Å²) in [6.45, 7) is 0.644. The molecule has 0 unspecified atom stereocenters. The van der Waals surface area contributed by atoms with Crippen molar-refractivity contribution in [3.8, 4) is 11.5 Å². The van der Waals surface area contributed by atoms with E-state index in [0.29, 0.717) is 6.66 Å². The smallest absolute Gasteiger partial charge is 0.361 e. The van der Waals surface area contributed by atoms with Crippen LogP contribution in [0.25, 0.3) is 0 Å². The van der Waals surface area contributed by atoms with Crippen LogP contribution in [-0.2, 0) is 33.3 Å². The molecule has 136 valence electrons. The summed E-state index contributed by atoms with van der Waals surface area (Å²) < 4.78 is 76.5. The van der Waals surface area contributed by atoms with Crippen molar-refractivity contribution in [3.63, 3.8) is 0 Å². The van der Waals surface area contributed by atoms with Crippen molar-refractivity contribution in [3.05, 3.63) is 60.7 Å². The first-order valence-corrected chi connectivity index (χ1v) is 11.2. The molecule has 0 N–H and O–H groups in total. The second kappa shape index (κ2) is 7.54. The van der Waals surface area contributed by atoms with Gasteiger partial charge in [-0.15, -0.1) is 0 Å². The number of rotatable bonds is 8. The Kier molecular flexibility index (Phi) is 5.86. The van der Waals surface area contributed by atoms with Gasteiger partial charge in [0.1, 0.15) is 11.5 Å². The Balaban J connectivity index is 2.06. The van der Waals surface area contributed by atoms with Crippen molar-refractivity contribution in [2.45, 2.75) is 0 Å². The highest BCUT2D eigenvalue weighted by atomic mass is 32.3. The summed E-state index contributed by atoms with van der Waals surface area (Å²) in [4.78, 5) is 0. The van der Waals surface area contributed by atoms with Crippen LogP contribution < -0.4 is 8.37 Å². The lowest BCUT2D eigenvalue weighted by Crippen LogP contribution is -2.16. The van der Waals surface area contributed by atoms with E-state index in [0.717, 1.165) is 0 Å². The monoisotopic (exact) mass is 408 g/mol. The summed E-state index contributed by atoms with van der Waals surface area (Å²) in [5.41, 5.74) is 0. The van der Waals surface area contributed by atoms with Crippen molar-refractivity contribution in [2.24, 2.45) is 0 Å². The highest BCUT2D eigenvalue weighted by molar-refractivity contribution is 7.91. The SMILES string of the molecule is CP(=O)(OS(=O)(=O)Oc1ccccc1)OS(=O)(=O)Oc1ccccc1. The van der Waals surface area contributed by atoms with Crippen LogP contribution in [0.3, 0.4) is 0 Å². The summed E-state index contributed by atoms with van der Waals surface area (Å²) in [7, 11) is -14.3. The second-order valence-electron chi connectivity index (χ2n) is 4.53. The molecule has 0 radical (unpaired) electrons. The lowest BCUT2D eigenvalue weighted by atomic mass is 10.3. The number of para-hydroxylation sites is 2. The van der Waals surface area contributed by atoms with E-state index in [1.165, 1.54) is 48.5 Å². The topological polar surface area (TPSA) is 122 Å². The van der Waals surface area contributed by atoms with Crippen molar-refractivity contribution >= 4 is 28.4 Å². The number of hydrogen-bond acceptors (Lipinski definition) is 9. The van der Waals surface area contributed by atoms with Crippen molar-refractivity contribution in [1.29, 1.82) is 0 Å². The molecule has 0 fully saturated rings. The van der Waals surface area contributed by atoms with E-state index in [-0.39, 0.29) is 11.5 Å². The van der Waals surface area contributed by atoms with Crippen LogP contribution in [0.4, 0.5) is 0 Å². The molecule has 12 heteroatoms. The molecule has 0 atom stereocenters. The molecule has 0 saturated carbocycles. The van der Waals surface area contributed by atoms with Gasteiger partial charge in [-0.05, 0) is 24.3 Å². The molecule has 0 aliphatic rings. The van der Waals surface area contributed by atoms with Gasteiger partial charge in [-0.1, -0.05) is 36.4 Å². The molecule has 0 bridgehead atoms. The molecule has 2 rings (SSSR count). The molecule has 0 aliphatic carbocycles. The Morgan fingerprint density at radius 3 is 1.32 bits per heavy atom. The minimum absolute atomic E-state index is 0.120. The zero-order valence-corrected chi connectivity index (χ0v) is 15.2. The van der Waals surface area contributed by atoms with Crippen LogP contribution in [0.1, 0.15) is 0 Å². The van der Waals surface area contributed by atoms with Crippen LogP contribution in [0.2, 0.25) is 0 Å². The molecular weight excluding hydrogens is 395 g/mol. The van der Waals surface area contributed by atoms with Gasteiger partial charge in [0.2, 0.25) is 0 Å². The normalized spacial score (nSPS) is 12.5. The van der Waals surface area contributed by atoms with E-state index >= 15 is 0 Å². The molecule has 2 aromatic rings. The van der Waals surface area contributed by atoms with Gasteiger partial charge in [0, 0.05) is 6.66 Å². The van der Waals surface area contributed by atoms with Crippen molar-refractivity contribution < 1.29 is 37.7 Å².